The molecule has 4 amide bonds. The molecule has 9 nitrogen and oxygen atoms in total. The number of piperazine rings is 1. The van der Waals surface area contributed by atoms with Crippen LogP contribution in [0.15, 0.2) is 24.3 Å². The highest BCUT2D eigenvalue weighted by Crippen LogP contribution is 2.21. The first-order valence-electron chi connectivity index (χ1n) is 9.51. The minimum absolute atomic E-state index is 0.0149. The van der Waals surface area contributed by atoms with E-state index in [2.05, 4.69) is 11.2 Å². The van der Waals surface area contributed by atoms with Crippen LogP contribution in [0.1, 0.15) is 5.56 Å². The highest BCUT2D eigenvalue weighted by atomic mass is 19.1. The largest absolute Gasteiger partial charge is 0.367 e. The summed E-state index contributed by atoms with van der Waals surface area (Å²) in [5, 5.41) is 5.76. The molecule has 0 aromatic heterocycles. The Labute approximate surface area is 174 Å². The number of hydrogen-bond donors (Lipinski definition) is 1. The number of amides is 4. The number of terminal acetylenes is 1. The maximum absolute atomic E-state index is 13.1. The smallest absolute Gasteiger partial charge is 0.334 e. The molecule has 2 heterocycles. The second kappa shape index (κ2) is 9.56. The van der Waals surface area contributed by atoms with Gasteiger partial charge >= 0.3 is 6.03 Å². The molecular formula is C20H24FN5O4. The van der Waals surface area contributed by atoms with Crippen molar-refractivity contribution in [2.45, 2.75) is 12.7 Å². The zero-order valence-corrected chi connectivity index (χ0v) is 16.7. The molecule has 0 aliphatic carbocycles. The van der Waals surface area contributed by atoms with Gasteiger partial charge < -0.3 is 19.9 Å². The molecule has 0 saturated carbocycles. The van der Waals surface area contributed by atoms with Crippen LogP contribution in [-0.4, -0.2) is 90.3 Å². The van der Waals surface area contributed by atoms with Crippen LogP contribution in [-0.2, 0) is 20.9 Å². The molecule has 2 fully saturated rings. The van der Waals surface area contributed by atoms with Crippen molar-refractivity contribution in [2.75, 3.05) is 46.4 Å². The van der Waals surface area contributed by atoms with Crippen molar-refractivity contribution in [2.24, 2.45) is 0 Å². The van der Waals surface area contributed by atoms with Crippen LogP contribution in [0.25, 0.3) is 0 Å². The van der Waals surface area contributed by atoms with E-state index in [1.165, 1.54) is 27.1 Å². The lowest BCUT2D eigenvalue weighted by Crippen LogP contribution is -2.73. The average molecular weight is 417 g/mol. The van der Waals surface area contributed by atoms with Gasteiger partial charge in [-0.3, -0.25) is 9.59 Å². The fourth-order valence-corrected chi connectivity index (χ4v) is 3.48. The van der Waals surface area contributed by atoms with Gasteiger partial charge in [0.05, 0.1) is 19.7 Å². The van der Waals surface area contributed by atoms with Gasteiger partial charge in [0.15, 0.2) is 0 Å². The van der Waals surface area contributed by atoms with Gasteiger partial charge in [-0.05, 0) is 17.7 Å². The molecule has 160 valence electrons. The molecule has 1 unspecified atom stereocenters. The number of ether oxygens (including phenoxy) is 1. The predicted molar refractivity (Wildman–Crippen MR) is 105 cm³/mol. The van der Waals surface area contributed by atoms with E-state index in [1.807, 2.05) is 0 Å². The van der Waals surface area contributed by atoms with E-state index < -0.39 is 12.2 Å². The molecule has 1 aromatic carbocycles. The normalized spacial score (nSPS) is 19.5. The van der Waals surface area contributed by atoms with E-state index in [0.717, 1.165) is 5.56 Å². The summed E-state index contributed by atoms with van der Waals surface area (Å²) in [5.41, 5.74) is 0.739. The van der Waals surface area contributed by atoms with Gasteiger partial charge in [-0.2, -0.15) is 0 Å². The molecule has 30 heavy (non-hydrogen) atoms. The zero-order valence-electron chi connectivity index (χ0n) is 16.7. The Bertz CT molecular complexity index is 841. The number of hydrazine groups is 1. The Morgan fingerprint density at radius 1 is 1.27 bits per heavy atom. The van der Waals surface area contributed by atoms with Gasteiger partial charge in [-0.25, -0.2) is 19.2 Å². The van der Waals surface area contributed by atoms with Gasteiger partial charge in [0.1, 0.15) is 25.1 Å². The molecule has 0 radical (unpaired) electrons. The highest BCUT2D eigenvalue weighted by Gasteiger charge is 2.45. The first-order valence-corrected chi connectivity index (χ1v) is 9.51. The average Bonchev–Trinajstić information content (AvgIpc) is 2.71. The SMILES string of the molecule is C#CCOCCN1CC2N(CC1=O)C(=O)CN(C)N2C(=O)NCc1ccc(F)cc1. The van der Waals surface area contributed by atoms with Gasteiger partial charge in [0, 0.05) is 20.1 Å². The summed E-state index contributed by atoms with van der Waals surface area (Å²) in [6.45, 7) is 0.978. The minimum atomic E-state index is -0.630. The number of hydrogen-bond acceptors (Lipinski definition) is 5. The van der Waals surface area contributed by atoms with E-state index in [4.69, 9.17) is 11.2 Å². The topological polar surface area (TPSA) is 85.4 Å². The fraction of sp³-hybridized carbons (Fsp3) is 0.450. The van der Waals surface area contributed by atoms with Crippen LogP contribution in [0, 0.1) is 18.2 Å². The Morgan fingerprint density at radius 3 is 2.70 bits per heavy atom. The van der Waals surface area contributed by atoms with Gasteiger partial charge in [-0.1, -0.05) is 18.1 Å². The second-order valence-electron chi connectivity index (χ2n) is 7.04. The van der Waals surface area contributed by atoms with Crippen molar-refractivity contribution in [1.29, 1.82) is 0 Å². The molecule has 2 aliphatic rings. The van der Waals surface area contributed by atoms with Crippen molar-refractivity contribution < 1.29 is 23.5 Å². The molecule has 2 aliphatic heterocycles. The van der Waals surface area contributed by atoms with E-state index in [0.29, 0.717) is 6.54 Å². The maximum Gasteiger partial charge on any atom is 0.334 e. The fourth-order valence-electron chi connectivity index (χ4n) is 3.48. The lowest BCUT2D eigenvalue weighted by Gasteiger charge is -2.51. The summed E-state index contributed by atoms with van der Waals surface area (Å²) in [7, 11) is 1.64. The lowest BCUT2D eigenvalue weighted by molar-refractivity contribution is -0.178. The van der Waals surface area contributed by atoms with E-state index >= 15 is 0 Å². The standard InChI is InChI=1S/C20H24FN5O4/c1-3-9-30-10-8-24-12-17-25(14-18(24)27)19(28)13-23(2)26(17)20(29)22-11-15-4-6-16(21)7-5-15/h1,4-7,17H,8-14H2,2H3,(H,22,29). The van der Waals surface area contributed by atoms with Gasteiger partial charge in [0.25, 0.3) is 0 Å². The third kappa shape index (κ3) is 4.87. The molecule has 1 N–H and O–H groups in total. The Hall–Kier alpha value is -3.16. The van der Waals surface area contributed by atoms with Crippen LogP contribution >= 0.6 is 0 Å². The molecular weight excluding hydrogens is 393 g/mol. The summed E-state index contributed by atoms with van der Waals surface area (Å²) in [5.74, 6) is 1.58. The maximum atomic E-state index is 13.1. The molecule has 10 heteroatoms. The first kappa shape index (κ1) is 21.5. The number of benzene rings is 1. The molecule has 2 saturated heterocycles. The number of carbonyl (C=O) groups excluding carboxylic acids is 3. The summed E-state index contributed by atoms with van der Waals surface area (Å²) < 4.78 is 18.3. The summed E-state index contributed by atoms with van der Waals surface area (Å²) in [6, 6.07) is 5.40. The Balaban J connectivity index is 1.68. The number of nitrogens with zero attached hydrogens (tertiary/aromatic N) is 4. The van der Waals surface area contributed by atoms with Crippen molar-refractivity contribution in [3.8, 4) is 12.3 Å². The molecule has 0 spiro atoms. The number of carbonyl (C=O) groups is 3. The third-order valence-corrected chi connectivity index (χ3v) is 4.99. The molecule has 1 aromatic rings. The van der Waals surface area contributed by atoms with Crippen LogP contribution < -0.4 is 5.32 Å². The monoisotopic (exact) mass is 417 g/mol. The van der Waals surface area contributed by atoms with Crippen LogP contribution in [0.2, 0.25) is 0 Å². The second-order valence-corrected chi connectivity index (χ2v) is 7.04. The Morgan fingerprint density at radius 2 is 2.00 bits per heavy atom. The third-order valence-electron chi connectivity index (χ3n) is 4.99. The lowest BCUT2D eigenvalue weighted by atomic mass is 10.2. The summed E-state index contributed by atoms with van der Waals surface area (Å²) >= 11 is 0. The summed E-state index contributed by atoms with van der Waals surface area (Å²) in [4.78, 5) is 40.8. The van der Waals surface area contributed by atoms with E-state index in [-0.39, 0.29) is 57.0 Å². The number of nitrogens with one attached hydrogen (secondary N) is 1. The van der Waals surface area contributed by atoms with Crippen LogP contribution in [0.5, 0.6) is 0 Å². The first-order chi connectivity index (χ1) is 14.4. The predicted octanol–water partition coefficient (Wildman–Crippen LogP) is -0.156. The number of halogens is 1. The van der Waals surface area contributed by atoms with E-state index in [1.54, 1.807) is 24.1 Å². The van der Waals surface area contributed by atoms with Crippen molar-refractivity contribution in [3.05, 3.63) is 35.6 Å². The highest BCUT2D eigenvalue weighted by molar-refractivity contribution is 5.89. The van der Waals surface area contributed by atoms with Crippen LogP contribution in [0.4, 0.5) is 9.18 Å². The molecule has 3 rings (SSSR count). The number of fused-ring (bicyclic) bond motifs is 1. The zero-order chi connectivity index (χ0) is 21.7. The molecule has 0 bridgehead atoms. The summed E-state index contributed by atoms with van der Waals surface area (Å²) in [6.07, 6.45) is 4.52. The quantitative estimate of drug-likeness (QED) is 0.514. The van der Waals surface area contributed by atoms with Crippen molar-refractivity contribution in [1.82, 2.24) is 25.1 Å². The molecule has 1 atom stereocenters. The van der Waals surface area contributed by atoms with Gasteiger partial charge in [-0.15, -0.1) is 6.42 Å². The minimum Gasteiger partial charge on any atom is -0.367 e. The van der Waals surface area contributed by atoms with Crippen LogP contribution in [0.3, 0.4) is 0 Å². The Kier molecular flexibility index (Phi) is 6.87. The van der Waals surface area contributed by atoms with Crippen molar-refractivity contribution in [3.63, 3.8) is 0 Å². The number of rotatable bonds is 6. The van der Waals surface area contributed by atoms with Gasteiger partial charge in [0.2, 0.25) is 11.8 Å². The van der Waals surface area contributed by atoms with Crippen molar-refractivity contribution >= 4 is 17.8 Å². The van der Waals surface area contributed by atoms with E-state index in [9.17, 15) is 18.8 Å². The number of urea groups is 1. The number of likely N-dealkylation sites (N-methyl/N-ethyl adjacent to an activating group) is 1.